The number of benzene rings is 2. The van der Waals surface area contributed by atoms with Crippen molar-refractivity contribution >= 4 is 6.08 Å². The molecule has 0 aliphatic carbocycles. The van der Waals surface area contributed by atoms with Crippen LogP contribution in [0.1, 0.15) is 23.7 Å². The molecule has 2 N–H and O–H groups in total. The standard InChI is InChI=1S/C19H18O2/c20-18(15-14-16-8-3-1-4-9-16)12-7-13-19(21)17-10-5-2-6-11-17/h1-6,8-11,14-15,18-21H,13H2/b15-14+. The first-order valence-electron chi connectivity index (χ1n) is 6.88. The fourth-order valence-electron chi connectivity index (χ4n) is 1.87. The molecule has 0 spiro atoms. The summed E-state index contributed by atoms with van der Waals surface area (Å²) in [6.45, 7) is 0. The molecular weight excluding hydrogens is 260 g/mol. The van der Waals surface area contributed by atoms with Gasteiger partial charge in [0.05, 0.1) is 6.10 Å². The lowest BCUT2D eigenvalue weighted by molar-refractivity contribution is 0.184. The maximum atomic E-state index is 9.94. The van der Waals surface area contributed by atoms with Crippen LogP contribution in [-0.4, -0.2) is 16.3 Å². The zero-order valence-corrected chi connectivity index (χ0v) is 11.7. The summed E-state index contributed by atoms with van der Waals surface area (Å²) in [5.74, 6) is 5.53. The van der Waals surface area contributed by atoms with Crippen molar-refractivity contribution in [1.29, 1.82) is 0 Å². The molecule has 2 atom stereocenters. The highest BCUT2D eigenvalue weighted by molar-refractivity contribution is 5.50. The highest BCUT2D eigenvalue weighted by Gasteiger charge is 2.03. The number of hydrogen-bond donors (Lipinski definition) is 2. The van der Waals surface area contributed by atoms with E-state index in [1.807, 2.05) is 66.7 Å². The van der Waals surface area contributed by atoms with E-state index in [9.17, 15) is 10.2 Å². The Morgan fingerprint density at radius 3 is 2.19 bits per heavy atom. The molecule has 106 valence electrons. The Morgan fingerprint density at radius 2 is 1.52 bits per heavy atom. The zero-order valence-electron chi connectivity index (χ0n) is 11.7. The molecule has 2 nitrogen and oxygen atoms in total. The van der Waals surface area contributed by atoms with Crippen molar-refractivity contribution < 1.29 is 10.2 Å². The highest BCUT2D eigenvalue weighted by Crippen LogP contribution is 2.14. The van der Waals surface area contributed by atoms with E-state index in [0.29, 0.717) is 6.42 Å². The van der Waals surface area contributed by atoms with E-state index < -0.39 is 12.2 Å². The first-order chi connectivity index (χ1) is 10.3. The van der Waals surface area contributed by atoms with Crippen LogP contribution >= 0.6 is 0 Å². The topological polar surface area (TPSA) is 40.5 Å². The van der Waals surface area contributed by atoms with Gasteiger partial charge in [-0.25, -0.2) is 0 Å². The van der Waals surface area contributed by atoms with E-state index in [2.05, 4.69) is 11.8 Å². The molecule has 0 amide bonds. The average Bonchev–Trinajstić information content (AvgIpc) is 2.54. The van der Waals surface area contributed by atoms with Crippen molar-refractivity contribution in [3.8, 4) is 11.8 Å². The summed E-state index contributed by atoms with van der Waals surface area (Å²) >= 11 is 0. The van der Waals surface area contributed by atoms with Crippen LogP contribution in [0.25, 0.3) is 6.08 Å². The number of aliphatic hydroxyl groups is 2. The molecule has 0 saturated carbocycles. The maximum Gasteiger partial charge on any atom is 0.133 e. The molecule has 2 aromatic rings. The minimum Gasteiger partial charge on any atom is -0.387 e. The molecule has 0 aliphatic rings. The summed E-state index contributed by atoms with van der Waals surface area (Å²) in [6.07, 6.45) is 2.32. The number of hydrogen-bond acceptors (Lipinski definition) is 2. The summed E-state index contributed by atoms with van der Waals surface area (Å²) in [7, 11) is 0. The van der Waals surface area contributed by atoms with Gasteiger partial charge in [0.1, 0.15) is 6.10 Å². The average molecular weight is 278 g/mol. The Kier molecular flexibility index (Phi) is 5.78. The Hall–Kier alpha value is -2.34. The van der Waals surface area contributed by atoms with Gasteiger partial charge in [0.25, 0.3) is 0 Å². The van der Waals surface area contributed by atoms with Crippen LogP contribution < -0.4 is 0 Å². The summed E-state index contributed by atoms with van der Waals surface area (Å²) < 4.78 is 0. The summed E-state index contributed by atoms with van der Waals surface area (Å²) in [6, 6.07) is 19.1. The number of aliphatic hydroxyl groups excluding tert-OH is 2. The highest BCUT2D eigenvalue weighted by atomic mass is 16.3. The van der Waals surface area contributed by atoms with Gasteiger partial charge < -0.3 is 10.2 Å². The molecule has 0 saturated heterocycles. The predicted molar refractivity (Wildman–Crippen MR) is 85.3 cm³/mol. The van der Waals surface area contributed by atoms with Crippen LogP contribution in [-0.2, 0) is 0 Å². The van der Waals surface area contributed by atoms with Crippen LogP contribution in [0.4, 0.5) is 0 Å². The number of rotatable bonds is 4. The Labute approximate surface area is 125 Å². The minimum atomic E-state index is -0.826. The van der Waals surface area contributed by atoms with E-state index in [1.165, 1.54) is 0 Å². The molecule has 0 heterocycles. The second kappa shape index (κ2) is 8.06. The van der Waals surface area contributed by atoms with Gasteiger partial charge >= 0.3 is 0 Å². The van der Waals surface area contributed by atoms with Gasteiger partial charge in [-0.3, -0.25) is 0 Å². The third-order valence-electron chi connectivity index (χ3n) is 3.00. The van der Waals surface area contributed by atoms with Gasteiger partial charge in [-0.1, -0.05) is 78.6 Å². The van der Waals surface area contributed by atoms with Crippen molar-refractivity contribution in [3.05, 3.63) is 77.9 Å². The lowest BCUT2D eigenvalue weighted by atomic mass is 10.1. The van der Waals surface area contributed by atoms with Crippen molar-refractivity contribution in [3.63, 3.8) is 0 Å². The van der Waals surface area contributed by atoms with Crippen LogP contribution in [0.5, 0.6) is 0 Å². The van der Waals surface area contributed by atoms with E-state index in [4.69, 9.17) is 0 Å². The first-order valence-corrected chi connectivity index (χ1v) is 6.88. The lowest BCUT2D eigenvalue weighted by Gasteiger charge is -2.06. The van der Waals surface area contributed by atoms with E-state index in [-0.39, 0.29) is 0 Å². The molecular formula is C19H18O2. The molecule has 2 unspecified atom stereocenters. The minimum absolute atomic E-state index is 0.306. The van der Waals surface area contributed by atoms with Crippen molar-refractivity contribution in [2.24, 2.45) is 0 Å². The van der Waals surface area contributed by atoms with Gasteiger partial charge in [0.2, 0.25) is 0 Å². The molecule has 0 bridgehead atoms. The molecule has 2 rings (SSSR count). The van der Waals surface area contributed by atoms with E-state index in [0.717, 1.165) is 11.1 Å². The van der Waals surface area contributed by atoms with Crippen molar-refractivity contribution in [2.75, 3.05) is 0 Å². The zero-order chi connectivity index (χ0) is 14.9. The molecule has 2 aromatic carbocycles. The second-order valence-electron chi connectivity index (χ2n) is 4.67. The van der Waals surface area contributed by atoms with Gasteiger partial charge in [0, 0.05) is 6.42 Å². The molecule has 21 heavy (non-hydrogen) atoms. The van der Waals surface area contributed by atoms with E-state index in [1.54, 1.807) is 6.08 Å². The summed E-state index contributed by atoms with van der Waals surface area (Å²) in [5, 5.41) is 19.7. The van der Waals surface area contributed by atoms with Crippen LogP contribution in [0.2, 0.25) is 0 Å². The SMILES string of the molecule is OC(C#CCC(O)c1ccccc1)/C=C/c1ccccc1. The Morgan fingerprint density at radius 1 is 0.905 bits per heavy atom. The third kappa shape index (κ3) is 5.27. The largest absolute Gasteiger partial charge is 0.387 e. The monoisotopic (exact) mass is 278 g/mol. The van der Waals surface area contributed by atoms with Gasteiger partial charge in [0.15, 0.2) is 0 Å². The first kappa shape index (κ1) is 15.1. The summed E-state index contributed by atoms with van der Waals surface area (Å²) in [4.78, 5) is 0. The van der Waals surface area contributed by atoms with Crippen molar-refractivity contribution in [2.45, 2.75) is 18.6 Å². The van der Waals surface area contributed by atoms with Gasteiger partial charge in [-0.2, -0.15) is 0 Å². The van der Waals surface area contributed by atoms with Crippen LogP contribution in [0, 0.1) is 11.8 Å². The third-order valence-corrected chi connectivity index (χ3v) is 3.00. The normalized spacial score (nSPS) is 13.4. The molecule has 2 heteroatoms. The Balaban J connectivity index is 1.86. The second-order valence-corrected chi connectivity index (χ2v) is 4.67. The maximum absolute atomic E-state index is 9.94. The van der Waals surface area contributed by atoms with Crippen LogP contribution in [0.3, 0.4) is 0 Å². The smallest absolute Gasteiger partial charge is 0.133 e. The van der Waals surface area contributed by atoms with Crippen molar-refractivity contribution in [1.82, 2.24) is 0 Å². The summed E-state index contributed by atoms with van der Waals surface area (Å²) in [5.41, 5.74) is 1.85. The molecule has 0 aliphatic heterocycles. The molecule has 0 aromatic heterocycles. The quantitative estimate of drug-likeness (QED) is 0.843. The lowest BCUT2D eigenvalue weighted by Crippen LogP contribution is -1.99. The van der Waals surface area contributed by atoms with Gasteiger partial charge in [-0.05, 0) is 17.2 Å². The molecule has 0 radical (unpaired) electrons. The van der Waals surface area contributed by atoms with E-state index >= 15 is 0 Å². The fourth-order valence-corrected chi connectivity index (χ4v) is 1.87. The van der Waals surface area contributed by atoms with Crippen LogP contribution in [0.15, 0.2) is 66.7 Å². The molecule has 0 fully saturated rings. The Bertz CT molecular complexity index is 621. The predicted octanol–water partition coefficient (Wildman–Crippen LogP) is 3.19. The van der Waals surface area contributed by atoms with Gasteiger partial charge in [-0.15, -0.1) is 0 Å². The fraction of sp³-hybridized carbons (Fsp3) is 0.158.